The molecule has 0 amide bonds. The van der Waals surface area contributed by atoms with Gasteiger partial charge in [-0.3, -0.25) is 0 Å². The summed E-state index contributed by atoms with van der Waals surface area (Å²) in [4.78, 5) is -3.31. The second-order valence-corrected chi connectivity index (χ2v) is 23.8. The molecule has 0 aliphatic carbocycles. The Bertz CT molecular complexity index is 4590. The van der Waals surface area contributed by atoms with Gasteiger partial charge in [-0.2, -0.15) is 111 Å². The Hall–Kier alpha value is -9.78. The summed E-state index contributed by atoms with van der Waals surface area (Å²) in [6.07, 6.45) is -27.4. The number of morpholine rings is 2. The number of hydrogen-bond acceptors (Lipinski definition) is 4. The standard InChI is InChI=1S/C14H5F9.C13H3F9.C10H14.2C7H3F5.C6H5F8NO.C5H3F8NO.C4H3F5.C3H3F3.C2H6/c1-2-3-6(15)8(17)4(9(18)7(3)16)5-10(19)12(21)14(23)13(22)11(5)20;1-2-5(14)7(16)3(8(17)6(2)15)4-9(18)11(20)13(22)12(21)10(4)19;1-4-10-6-8(2)5-9(3)7-10;2*1-2-3(8)5(10)7(12)6(11)4(2)9;1-2-15-3(7,8)5(11,12)16-6(13,14)4(15,9)10;1-14-2(6,7)4(10,11)15-5(12,13)3(14,8)9;1-4(8,9)2(5)3(6)7;1-2(4)3(5)6;1-2/h2H2,1H3;1H3;5-7H,4H2,1-3H3;2*1H3;2H2,1H3;1H3;1H3;1H3;1-2H3. The summed E-state index contributed by atoms with van der Waals surface area (Å²) in [7, 11) is -0.260. The van der Waals surface area contributed by atoms with E-state index < -0.39 is 309 Å². The lowest BCUT2D eigenvalue weighted by molar-refractivity contribution is -0.562. The molecular formula is C71H48F52N2O2. The number of alkyl halides is 18. The van der Waals surface area contributed by atoms with E-state index in [1.54, 1.807) is 0 Å². The van der Waals surface area contributed by atoms with Crippen LogP contribution in [0.4, 0.5) is 228 Å². The third-order valence-corrected chi connectivity index (χ3v) is 15.2. The van der Waals surface area contributed by atoms with Crippen molar-refractivity contribution < 1.29 is 238 Å². The third-order valence-electron chi connectivity index (χ3n) is 15.2. The van der Waals surface area contributed by atoms with Crippen LogP contribution in [0.1, 0.15) is 87.4 Å². The maximum Gasteiger partial charge on any atom is 0.439 e. The molecule has 2 aliphatic heterocycles. The maximum atomic E-state index is 13.8. The molecule has 2 heterocycles. The summed E-state index contributed by atoms with van der Waals surface area (Å²) in [6, 6.07) is -15.4. The van der Waals surface area contributed by atoms with E-state index in [2.05, 4.69) is 48.4 Å². The van der Waals surface area contributed by atoms with Gasteiger partial charge in [-0.1, -0.05) is 63.9 Å². The Morgan fingerprint density at radius 2 is 0.488 bits per heavy atom. The molecule has 718 valence electrons. The first-order valence-electron chi connectivity index (χ1n) is 32.6. The smallest absolute Gasteiger partial charge is 0.243 e. The van der Waals surface area contributed by atoms with E-state index in [0.29, 0.717) is 20.8 Å². The van der Waals surface area contributed by atoms with Crippen molar-refractivity contribution in [3.05, 3.63) is 244 Å². The molecule has 0 bridgehead atoms. The SMILES string of the molecule is CC.CC(F)(F)C(F)=C(F)F.CC(F)=C(F)F.CCN1C(F)(F)C(F)(F)OC(F)(F)C1(F)F.CCc1c(F)c(F)c(-c2c(F)c(F)c(F)c(F)c2F)c(F)c1F.CCc1cc(C)cc(C)c1.CN1C(F)(F)C(F)(F)OC(F)(F)C1(F)F.Cc1c(F)c(F)c(-c2c(F)c(F)c(F)c(F)c2F)c(F)c1F.Cc1c(F)c(F)c(F)c(F)c1F.Cc1c(F)c(F)c(F)c(F)c1F. The molecule has 4 nitrogen and oxygen atoms in total. The second kappa shape index (κ2) is 44.0. The van der Waals surface area contributed by atoms with E-state index in [1.807, 2.05) is 13.8 Å². The molecule has 0 unspecified atom stereocenters. The highest BCUT2D eigenvalue weighted by molar-refractivity contribution is 5.69. The van der Waals surface area contributed by atoms with Crippen LogP contribution in [0.2, 0.25) is 0 Å². The normalized spacial score (nSPS) is 15.8. The lowest BCUT2D eigenvalue weighted by Crippen LogP contribution is -2.73. The van der Waals surface area contributed by atoms with E-state index >= 15 is 0 Å². The molecule has 0 atom stereocenters. The van der Waals surface area contributed by atoms with Crippen LogP contribution in [0.15, 0.2) is 42.0 Å². The highest BCUT2D eigenvalue weighted by atomic mass is 19.4. The molecule has 2 aliphatic rings. The first-order valence-corrected chi connectivity index (χ1v) is 32.6. The van der Waals surface area contributed by atoms with Crippen molar-refractivity contribution >= 4 is 0 Å². The van der Waals surface area contributed by atoms with Gasteiger partial charge in [0.05, 0.1) is 22.3 Å². The molecule has 0 radical (unpaired) electrons. The van der Waals surface area contributed by atoms with Crippen molar-refractivity contribution in [3.63, 3.8) is 0 Å². The zero-order valence-electron chi connectivity index (χ0n) is 64.2. The van der Waals surface area contributed by atoms with E-state index in [-0.39, 0.29) is 14.0 Å². The molecular weight excluding hydrogens is 1900 g/mol. The van der Waals surface area contributed by atoms with Gasteiger partial charge < -0.3 is 0 Å². The van der Waals surface area contributed by atoms with Gasteiger partial charge in [0.15, 0.2) is 145 Å². The third kappa shape index (κ3) is 25.0. The molecule has 0 aromatic heterocycles. The van der Waals surface area contributed by atoms with Crippen LogP contribution in [-0.2, 0) is 22.3 Å². The number of hydrogen-bond donors (Lipinski definition) is 0. The van der Waals surface area contributed by atoms with Gasteiger partial charge in [-0.15, -0.1) is 0 Å². The van der Waals surface area contributed by atoms with Crippen LogP contribution in [0.25, 0.3) is 22.3 Å². The highest BCUT2D eigenvalue weighted by Crippen LogP contribution is 2.57. The van der Waals surface area contributed by atoms with Crippen molar-refractivity contribution in [2.75, 3.05) is 13.6 Å². The summed E-state index contributed by atoms with van der Waals surface area (Å²) in [5, 5.41) is 0. The van der Waals surface area contributed by atoms with Crippen molar-refractivity contribution in [1.29, 1.82) is 0 Å². The summed E-state index contributed by atoms with van der Waals surface area (Å²) in [5.74, 6) is -69.9. The van der Waals surface area contributed by atoms with Gasteiger partial charge >= 0.3 is 66.7 Å². The minimum Gasteiger partial charge on any atom is -0.243 e. The lowest BCUT2D eigenvalue weighted by Gasteiger charge is -2.46. The fourth-order valence-electron chi connectivity index (χ4n) is 8.71. The Kier molecular flexibility index (Phi) is 40.6. The minimum absolute atomic E-state index is 0.0570. The van der Waals surface area contributed by atoms with Crippen LogP contribution in [-0.4, -0.2) is 77.9 Å². The number of likely N-dealkylation sites (N-methyl/N-ethyl adjacent to an activating group) is 2. The lowest BCUT2D eigenvalue weighted by atomic mass is 9.98. The largest absolute Gasteiger partial charge is 0.439 e. The molecule has 0 N–H and O–H groups in total. The Morgan fingerprint density at radius 1 is 0.299 bits per heavy atom. The average molecular weight is 1950 g/mol. The van der Waals surface area contributed by atoms with Crippen LogP contribution < -0.4 is 0 Å². The Labute approximate surface area is 676 Å². The van der Waals surface area contributed by atoms with Gasteiger partial charge in [0.1, 0.15) is 0 Å². The number of aryl methyl sites for hydroxylation is 3. The van der Waals surface area contributed by atoms with Crippen LogP contribution >= 0.6 is 0 Å². The van der Waals surface area contributed by atoms with Gasteiger partial charge in [0, 0.05) is 35.7 Å². The van der Waals surface area contributed by atoms with E-state index in [4.69, 9.17) is 0 Å². The summed E-state index contributed by atoms with van der Waals surface area (Å²) < 4.78 is 657. The van der Waals surface area contributed by atoms with Gasteiger partial charge in [0.25, 0.3) is 0 Å². The molecule has 7 aromatic carbocycles. The molecule has 0 saturated carbocycles. The van der Waals surface area contributed by atoms with Gasteiger partial charge in [-0.25, -0.2) is 137 Å². The topological polar surface area (TPSA) is 24.9 Å². The minimum atomic E-state index is -5.70. The molecule has 9 rings (SSSR count). The Balaban J connectivity index is 0.00000144. The molecule has 0 spiro atoms. The summed E-state index contributed by atoms with van der Waals surface area (Å²) in [5.41, 5.74) is -7.97. The van der Waals surface area contributed by atoms with Crippen molar-refractivity contribution in [1.82, 2.24) is 9.80 Å². The van der Waals surface area contributed by atoms with Crippen LogP contribution in [0, 0.1) is 198 Å². The Morgan fingerprint density at radius 3 is 0.669 bits per heavy atom. The van der Waals surface area contributed by atoms with E-state index in [9.17, 15) is 228 Å². The zero-order valence-corrected chi connectivity index (χ0v) is 64.2. The monoisotopic (exact) mass is 1950 g/mol. The van der Waals surface area contributed by atoms with Crippen molar-refractivity contribution in [3.8, 4) is 22.3 Å². The first-order chi connectivity index (χ1) is 57.2. The fraction of sp³-hybridized carbons (Fsp3) is 0.352. The predicted octanol–water partition coefficient (Wildman–Crippen LogP) is 29.2. The molecule has 56 heteroatoms. The summed E-state index contributed by atoms with van der Waals surface area (Å²) >= 11 is 0. The zero-order chi connectivity index (χ0) is 101. The molecule has 2 fully saturated rings. The summed E-state index contributed by atoms with van der Waals surface area (Å²) in [6.45, 7) is 13.8. The first kappa shape index (κ1) is 117. The number of ether oxygens (including phenoxy) is 2. The van der Waals surface area contributed by atoms with Crippen LogP contribution in [0.5, 0.6) is 0 Å². The molecule has 127 heavy (non-hydrogen) atoms. The van der Waals surface area contributed by atoms with Crippen LogP contribution in [0.3, 0.4) is 0 Å². The fourth-order valence-corrected chi connectivity index (χ4v) is 8.71. The molecule has 2 saturated heterocycles. The number of allylic oxidation sites excluding steroid dienone is 2. The molecule has 7 aromatic rings. The number of benzene rings is 7. The second-order valence-electron chi connectivity index (χ2n) is 23.8. The van der Waals surface area contributed by atoms with Gasteiger partial charge in [0.2, 0.25) is 29.1 Å². The van der Waals surface area contributed by atoms with Crippen molar-refractivity contribution in [2.45, 2.75) is 150 Å². The number of halogens is 52. The van der Waals surface area contributed by atoms with E-state index in [1.165, 1.54) is 16.7 Å². The number of nitrogens with zero attached hydrogens (tertiary/aromatic N) is 2. The number of rotatable bonds is 6. The van der Waals surface area contributed by atoms with Gasteiger partial charge in [-0.05, 0) is 67.0 Å². The average Bonchev–Trinajstić information content (AvgIpc) is 0.717. The quantitative estimate of drug-likeness (QED) is 0.0717. The maximum absolute atomic E-state index is 13.8. The highest BCUT2D eigenvalue weighted by Gasteiger charge is 2.83. The predicted molar refractivity (Wildman–Crippen MR) is 335 cm³/mol. The van der Waals surface area contributed by atoms with E-state index in [0.717, 1.165) is 27.2 Å². The van der Waals surface area contributed by atoms with Crippen molar-refractivity contribution in [2.24, 2.45) is 0 Å².